The second-order valence-electron chi connectivity index (χ2n) is 5.86. The van der Waals surface area contributed by atoms with Gasteiger partial charge in [-0.25, -0.2) is 9.59 Å². The SMILES string of the molecule is CC1CN(c2ccc(OC(F)(F)F)cc2)C(C)CN1.O=C(O)/C=C/C(=O)O. The van der Waals surface area contributed by atoms with Crippen molar-refractivity contribution in [3.63, 3.8) is 0 Å². The van der Waals surface area contributed by atoms with Crippen molar-refractivity contribution in [3.05, 3.63) is 36.4 Å². The van der Waals surface area contributed by atoms with Crippen molar-refractivity contribution in [1.29, 1.82) is 0 Å². The molecule has 1 aliphatic rings. The fourth-order valence-electron chi connectivity index (χ4n) is 2.36. The maximum Gasteiger partial charge on any atom is 0.573 e. The average Bonchev–Trinajstić information content (AvgIpc) is 2.55. The van der Waals surface area contributed by atoms with E-state index in [1.165, 1.54) is 12.1 Å². The molecule has 27 heavy (non-hydrogen) atoms. The minimum Gasteiger partial charge on any atom is -0.478 e. The summed E-state index contributed by atoms with van der Waals surface area (Å²) in [6, 6.07) is 6.70. The highest BCUT2D eigenvalue weighted by Gasteiger charge is 2.31. The number of aliphatic carboxylic acids is 2. The number of ether oxygens (including phenoxy) is 1. The molecule has 1 fully saturated rings. The smallest absolute Gasteiger partial charge is 0.478 e. The van der Waals surface area contributed by atoms with Crippen molar-refractivity contribution in [3.8, 4) is 5.75 Å². The molecule has 1 saturated heterocycles. The third kappa shape index (κ3) is 8.95. The Bertz CT molecular complexity index is 646. The van der Waals surface area contributed by atoms with Gasteiger partial charge in [-0.15, -0.1) is 13.2 Å². The molecule has 0 aliphatic carbocycles. The van der Waals surface area contributed by atoms with E-state index in [0.29, 0.717) is 24.2 Å². The molecular weight excluding hydrogens is 369 g/mol. The van der Waals surface area contributed by atoms with Crippen molar-refractivity contribution in [1.82, 2.24) is 5.32 Å². The van der Waals surface area contributed by atoms with Crippen LogP contribution in [0.3, 0.4) is 0 Å². The Hall–Kier alpha value is -2.75. The second kappa shape index (κ2) is 9.81. The lowest BCUT2D eigenvalue weighted by atomic mass is 10.1. The highest BCUT2D eigenvalue weighted by atomic mass is 19.4. The first-order chi connectivity index (χ1) is 12.5. The van der Waals surface area contributed by atoms with E-state index in [4.69, 9.17) is 10.2 Å². The highest BCUT2D eigenvalue weighted by Crippen LogP contribution is 2.26. The van der Waals surface area contributed by atoms with Gasteiger partial charge in [-0.2, -0.15) is 0 Å². The van der Waals surface area contributed by atoms with Gasteiger partial charge >= 0.3 is 18.3 Å². The van der Waals surface area contributed by atoms with Crippen LogP contribution in [-0.4, -0.2) is 53.7 Å². The number of hydrogen-bond acceptors (Lipinski definition) is 5. The predicted molar refractivity (Wildman–Crippen MR) is 91.8 cm³/mol. The number of nitrogens with zero attached hydrogens (tertiary/aromatic N) is 1. The molecule has 1 aromatic carbocycles. The number of hydrogen-bond donors (Lipinski definition) is 3. The van der Waals surface area contributed by atoms with Crippen LogP contribution >= 0.6 is 0 Å². The molecule has 2 rings (SSSR count). The summed E-state index contributed by atoms with van der Waals surface area (Å²) >= 11 is 0. The Kier molecular flexibility index (Phi) is 8.10. The maximum absolute atomic E-state index is 12.1. The van der Waals surface area contributed by atoms with Gasteiger partial charge in [0.2, 0.25) is 0 Å². The Labute approximate surface area is 154 Å². The molecule has 10 heteroatoms. The molecule has 0 spiro atoms. The molecule has 2 unspecified atom stereocenters. The van der Waals surface area contributed by atoms with Gasteiger partial charge in [-0.3, -0.25) is 0 Å². The van der Waals surface area contributed by atoms with Crippen LogP contribution in [0.15, 0.2) is 36.4 Å². The van der Waals surface area contributed by atoms with Crippen molar-refractivity contribution >= 4 is 17.6 Å². The quantitative estimate of drug-likeness (QED) is 0.680. The summed E-state index contributed by atoms with van der Waals surface area (Å²) < 4.78 is 40.1. The van der Waals surface area contributed by atoms with Crippen molar-refractivity contribution < 1.29 is 37.7 Å². The number of piperazine rings is 1. The van der Waals surface area contributed by atoms with E-state index >= 15 is 0 Å². The number of nitrogens with one attached hydrogen (secondary N) is 1. The van der Waals surface area contributed by atoms with Crippen LogP contribution in [0.5, 0.6) is 5.75 Å². The molecule has 0 amide bonds. The number of carboxylic acid groups (broad SMARTS) is 2. The summed E-state index contributed by atoms with van der Waals surface area (Å²) in [5.41, 5.74) is 0.912. The molecule has 0 bridgehead atoms. The summed E-state index contributed by atoms with van der Waals surface area (Å²) in [6.45, 7) is 5.86. The maximum atomic E-state index is 12.1. The Morgan fingerprint density at radius 3 is 2.11 bits per heavy atom. The Morgan fingerprint density at radius 2 is 1.67 bits per heavy atom. The molecule has 0 radical (unpaired) electrons. The molecule has 1 aliphatic heterocycles. The zero-order valence-electron chi connectivity index (χ0n) is 14.7. The van der Waals surface area contributed by atoms with Gasteiger partial charge in [0.15, 0.2) is 0 Å². The van der Waals surface area contributed by atoms with E-state index in [1.807, 2.05) is 0 Å². The van der Waals surface area contributed by atoms with Crippen molar-refractivity contribution in [2.24, 2.45) is 0 Å². The standard InChI is InChI=1S/C13H17F3N2O.C4H4O4/c1-9-8-18(10(2)7-17-9)11-3-5-12(6-4-11)19-13(14,15)16;5-3(6)1-2-4(7)8/h3-6,9-10,17H,7-8H2,1-2H3;1-2H,(H,5,6)(H,7,8)/b;2-1+. The van der Waals surface area contributed by atoms with Gasteiger partial charge in [-0.05, 0) is 38.1 Å². The largest absolute Gasteiger partial charge is 0.573 e. The minimum atomic E-state index is -4.64. The third-order valence-corrected chi connectivity index (χ3v) is 3.53. The van der Waals surface area contributed by atoms with Gasteiger partial charge in [0.1, 0.15) is 5.75 Å². The Morgan fingerprint density at radius 1 is 1.15 bits per heavy atom. The lowest BCUT2D eigenvalue weighted by Crippen LogP contribution is -2.54. The van der Waals surface area contributed by atoms with E-state index in [-0.39, 0.29) is 5.75 Å². The van der Waals surface area contributed by atoms with E-state index in [1.54, 1.807) is 12.1 Å². The predicted octanol–water partition coefficient (Wildman–Crippen LogP) is 2.48. The first kappa shape index (κ1) is 22.3. The molecule has 1 heterocycles. The molecule has 1 aromatic rings. The van der Waals surface area contributed by atoms with Crippen LogP contribution in [0, 0.1) is 0 Å². The lowest BCUT2D eigenvalue weighted by molar-refractivity contribution is -0.274. The average molecular weight is 390 g/mol. The van der Waals surface area contributed by atoms with Crippen molar-refractivity contribution in [2.45, 2.75) is 32.3 Å². The van der Waals surface area contributed by atoms with Crippen LogP contribution < -0.4 is 15.0 Å². The normalized spacial score (nSPS) is 20.0. The molecule has 0 saturated carbocycles. The van der Waals surface area contributed by atoms with E-state index in [2.05, 4.69) is 28.8 Å². The summed E-state index contributed by atoms with van der Waals surface area (Å²) in [6.07, 6.45) is -3.52. The first-order valence-corrected chi connectivity index (χ1v) is 7.97. The molecule has 3 N–H and O–H groups in total. The van der Waals surface area contributed by atoms with Gasteiger partial charge in [0.25, 0.3) is 0 Å². The Balaban J connectivity index is 0.000000387. The monoisotopic (exact) mass is 390 g/mol. The van der Waals surface area contributed by atoms with E-state index in [9.17, 15) is 22.8 Å². The molecule has 150 valence electrons. The fraction of sp³-hybridized carbons (Fsp3) is 0.412. The molecule has 7 nitrogen and oxygen atoms in total. The number of halogens is 3. The number of benzene rings is 1. The van der Waals surface area contributed by atoms with Gasteiger partial charge in [-0.1, -0.05) is 0 Å². The summed E-state index contributed by atoms with van der Waals surface area (Å²) in [7, 11) is 0. The zero-order chi connectivity index (χ0) is 20.6. The zero-order valence-corrected chi connectivity index (χ0v) is 14.7. The minimum absolute atomic E-state index is 0.188. The van der Waals surface area contributed by atoms with Crippen LogP contribution in [0.2, 0.25) is 0 Å². The van der Waals surface area contributed by atoms with Gasteiger partial charge in [0.05, 0.1) is 0 Å². The summed E-state index contributed by atoms with van der Waals surface area (Å²) in [5.74, 6) is -2.70. The number of alkyl halides is 3. The number of anilines is 1. The summed E-state index contributed by atoms with van der Waals surface area (Å²) in [5, 5.41) is 19.0. The number of carbonyl (C=O) groups is 2. The van der Waals surface area contributed by atoms with Crippen LogP contribution in [-0.2, 0) is 9.59 Å². The van der Waals surface area contributed by atoms with Gasteiger partial charge in [0, 0.05) is 43.0 Å². The summed E-state index contributed by atoms with van der Waals surface area (Å²) in [4.78, 5) is 21.3. The lowest BCUT2D eigenvalue weighted by Gasteiger charge is -2.39. The van der Waals surface area contributed by atoms with Crippen molar-refractivity contribution in [2.75, 3.05) is 18.0 Å². The van der Waals surface area contributed by atoms with Crippen LogP contribution in [0.25, 0.3) is 0 Å². The van der Waals surface area contributed by atoms with Gasteiger partial charge < -0.3 is 25.2 Å². The number of carboxylic acids is 2. The van der Waals surface area contributed by atoms with Crippen LogP contribution in [0.4, 0.5) is 18.9 Å². The molecule has 2 atom stereocenters. The van der Waals surface area contributed by atoms with Crippen LogP contribution in [0.1, 0.15) is 13.8 Å². The van der Waals surface area contributed by atoms with E-state index in [0.717, 1.165) is 18.8 Å². The molecule has 0 aromatic heterocycles. The fourth-order valence-corrected chi connectivity index (χ4v) is 2.36. The first-order valence-electron chi connectivity index (χ1n) is 7.97. The topological polar surface area (TPSA) is 99.1 Å². The number of rotatable bonds is 4. The van der Waals surface area contributed by atoms with E-state index < -0.39 is 18.3 Å². The third-order valence-electron chi connectivity index (χ3n) is 3.53. The molecular formula is C17H21F3N2O5. The highest BCUT2D eigenvalue weighted by molar-refractivity contribution is 5.89. The second-order valence-corrected chi connectivity index (χ2v) is 5.86.